The van der Waals surface area contributed by atoms with E-state index in [0.717, 1.165) is 13.0 Å². The lowest BCUT2D eigenvalue weighted by atomic mass is 10.0. The first kappa shape index (κ1) is 17.7. The zero-order valence-electron chi connectivity index (χ0n) is 13.5. The first-order valence-electron chi connectivity index (χ1n) is 7.13. The number of nitrogens with one attached hydrogen (secondary N) is 2. The first-order valence-corrected chi connectivity index (χ1v) is 7.50. The van der Waals surface area contributed by atoms with Gasteiger partial charge in [-0.05, 0) is 40.4 Å². The van der Waals surface area contributed by atoms with Gasteiger partial charge >= 0.3 is 0 Å². The summed E-state index contributed by atoms with van der Waals surface area (Å²) in [5.41, 5.74) is 0.354. The van der Waals surface area contributed by atoms with Gasteiger partial charge in [-0.25, -0.2) is 4.98 Å². The number of likely N-dealkylation sites (N-methyl/N-ethyl adjacent to an activating group) is 1. The van der Waals surface area contributed by atoms with Crippen molar-refractivity contribution in [2.45, 2.75) is 32.7 Å². The van der Waals surface area contributed by atoms with E-state index < -0.39 is 0 Å². The van der Waals surface area contributed by atoms with E-state index in [9.17, 15) is 4.79 Å². The standard InChI is InChI=1S/C15H25ClN4O/c1-6-7-17-13-12(16)8-11(9-18-13)14(21)19-10-15(2,3)20(4)5/h8-9H,6-7,10H2,1-5H3,(H,17,18)(H,19,21). The summed E-state index contributed by atoms with van der Waals surface area (Å²) < 4.78 is 0. The second-order valence-corrected chi connectivity index (χ2v) is 6.28. The number of aromatic nitrogens is 1. The van der Waals surface area contributed by atoms with Crippen LogP contribution in [-0.4, -0.2) is 48.5 Å². The molecule has 2 N–H and O–H groups in total. The molecule has 0 saturated carbocycles. The van der Waals surface area contributed by atoms with Crippen LogP contribution in [0.5, 0.6) is 0 Å². The summed E-state index contributed by atoms with van der Waals surface area (Å²) in [6, 6.07) is 1.64. The summed E-state index contributed by atoms with van der Waals surface area (Å²) >= 11 is 6.14. The van der Waals surface area contributed by atoms with Gasteiger partial charge in [0, 0.05) is 24.8 Å². The van der Waals surface area contributed by atoms with E-state index in [2.05, 4.69) is 41.3 Å². The molecule has 5 nitrogen and oxygen atoms in total. The molecule has 1 aromatic heterocycles. The summed E-state index contributed by atoms with van der Waals surface area (Å²) in [6.45, 7) is 7.54. The molecule has 0 aliphatic heterocycles. The van der Waals surface area contributed by atoms with Crippen molar-refractivity contribution in [1.82, 2.24) is 15.2 Å². The molecule has 0 aromatic carbocycles. The normalized spacial score (nSPS) is 11.6. The largest absolute Gasteiger partial charge is 0.369 e. The fraction of sp³-hybridized carbons (Fsp3) is 0.600. The average Bonchev–Trinajstić information content (AvgIpc) is 2.43. The van der Waals surface area contributed by atoms with Crippen molar-refractivity contribution in [2.24, 2.45) is 0 Å². The summed E-state index contributed by atoms with van der Waals surface area (Å²) in [5.74, 6) is 0.449. The molecule has 1 amide bonds. The lowest BCUT2D eigenvalue weighted by Crippen LogP contribution is -2.48. The molecule has 118 valence electrons. The van der Waals surface area contributed by atoms with Crippen LogP contribution in [0, 0.1) is 0 Å². The number of hydrogen-bond acceptors (Lipinski definition) is 4. The van der Waals surface area contributed by atoms with Crippen molar-refractivity contribution in [3.8, 4) is 0 Å². The molecule has 21 heavy (non-hydrogen) atoms. The molecule has 6 heteroatoms. The molecule has 0 saturated heterocycles. The minimum atomic E-state index is -0.165. The lowest BCUT2D eigenvalue weighted by molar-refractivity contribution is 0.0919. The highest BCUT2D eigenvalue weighted by Crippen LogP contribution is 2.20. The van der Waals surface area contributed by atoms with Crippen LogP contribution in [0.4, 0.5) is 5.82 Å². The van der Waals surface area contributed by atoms with Gasteiger partial charge in [-0.15, -0.1) is 0 Å². The van der Waals surface area contributed by atoms with Crippen molar-refractivity contribution in [2.75, 3.05) is 32.5 Å². The highest BCUT2D eigenvalue weighted by molar-refractivity contribution is 6.33. The van der Waals surface area contributed by atoms with Crippen LogP contribution in [0.1, 0.15) is 37.6 Å². The van der Waals surface area contributed by atoms with Gasteiger partial charge < -0.3 is 15.5 Å². The SMILES string of the molecule is CCCNc1ncc(C(=O)NCC(C)(C)N(C)C)cc1Cl. The van der Waals surface area contributed by atoms with Crippen LogP contribution < -0.4 is 10.6 Å². The number of amides is 1. The number of nitrogens with zero attached hydrogens (tertiary/aromatic N) is 2. The topological polar surface area (TPSA) is 57.3 Å². The molecule has 0 spiro atoms. The Bertz CT molecular complexity index is 489. The van der Waals surface area contributed by atoms with Crippen molar-refractivity contribution in [3.05, 3.63) is 22.8 Å². The summed E-state index contributed by atoms with van der Waals surface area (Å²) in [5, 5.41) is 6.49. The van der Waals surface area contributed by atoms with E-state index in [0.29, 0.717) is 22.9 Å². The minimum Gasteiger partial charge on any atom is -0.369 e. The number of rotatable bonds is 7. The molecular weight excluding hydrogens is 288 g/mol. The predicted octanol–water partition coefficient (Wildman–Crippen LogP) is 2.63. The van der Waals surface area contributed by atoms with E-state index in [4.69, 9.17) is 11.6 Å². The number of anilines is 1. The maximum Gasteiger partial charge on any atom is 0.252 e. The van der Waals surface area contributed by atoms with Crippen LogP contribution in [0.3, 0.4) is 0 Å². The van der Waals surface area contributed by atoms with Crippen LogP contribution in [0.2, 0.25) is 5.02 Å². The maximum atomic E-state index is 12.1. The summed E-state index contributed by atoms with van der Waals surface area (Å²) in [6.07, 6.45) is 2.53. The van der Waals surface area contributed by atoms with Crippen molar-refractivity contribution < 1.29 is 4.79 Å². The van der Waals surface area contributed by atoms with Gasteiger partial charge in [-0.2, -0.15) is 0 Å². The Hall–Kier alpha value is -1.33. The Morgan fingerprint density at radius 2 is 2.10 bits per heavy atom. The Morgan fingerprint density at radius 3 is 2.62 bits per heavy atom. The molecule has 1 aromatic rings. The van der Waals surface area contributed by atoms with Crippen LogP contribution in [-0.2, 0) is 0 Å². The molecule has 0 atom stereocenters. The maximum absolute atomic E-state index is 12.1. The second-order valence-electron chi connectivity index (χ2n) is 5.87. The number of pyridine rings is 1. The highest BCUT2D eigenvalue weighted by atomic mass is 35.5. The summed E-state index contributed by atoms with van der Waals surface area (Å²) in [7, 11) is 3.97. The Balaban J connectivity index is 2.69. The minimum absolute atomic E-state index is 0.116. The third kappa shape index (κ3) is 5.17. The van der Waals surface area contributed by atoms with Gasteiger partial charge in [-0.3, -0.25) is 4.79 Å². The molecule has 0 bridgehead atoms. The predicted molar refractivity (Wildman–Crippen MR) is 88.1 cm³/mol. The van der Waals surface area contributed by atoms with Crippen LogP contribution in [0.25, 0.3) is 0 Å². The van der Waals surface area contributed by atoms with Gasteiger partial charge in [0.05, 0.1) is 10.6 Å². The molecule has 1 heterocycles. The van der Waals surface area contributed by atoms with Gasteiger partial charge in [0.15, 0.2) is 0 Å². The van der Waals surface area contributed by atoms with Crippen molar-refractivity contribution >= 4 is 23.3 Å². The van der Waals surface area contributed by atoms with Gasteiger partial charge in [-0.1, -0.05) is 18.5 Å². The van der Waals surface area contributed by atoms with Crippen LogP contribution in [0.15, 0.2) is 12.3 Å². The number of hydrogen-bond donors (Lipinski definition) is 2. The van der Waals surface area contributed by atoms with Gasteiger partial charge in [0.25, 0.3) is 5.91 Å². The second kappa shape index (κ2) is 7.61. The summed E-state index contributed by atoms with van der Waals surface area (Å²) in [4.78, 5) is 18.4. The molecule has 0 aliphatic rings. The molecule has 0 aliphatic carbocycles. The number of halogens is 1. The lowest BCUT2D eigenvalue weighted by Gasteiger charge is -2.32. The Morgan fingerprint density at radius 1 is 1.43 bits per heavy atom. The Kier molecular flexibility index (Phi) is 6.42. The molecule has 0 radical (unpaired) electrons. The zero-order chi connectivity index (χ0) is 16.0. The smallest absolute Gasteiger partial charge is 0.252 e. The first-order chi connectivity index (χ1) is 9.77. The highest BCUT2D eigenvalue weighted by Gasteiger charge is 2.21. The number of carbonyl (C=O) groups excluding carboxylic acids is 1. The van der Waals surface area contributed by atoms with Crippen molar-refractivity contribution in [1.29, 1.82) is 0 Å². The Labute approximate surface area is 132 Å². The zero-order valence-corrected chi connectivity index (χ0v) is 14.2. The third-order valence-corrected chi connectivity index (χ3v) is 3.83. The van der Waals surface area contributed by atoms with Crippen molar-refractivity contribution in [3.63, 3.8) is 0 Å². The molecule has 0 unspecified atom stereocenters. The quantitative estimate of drug-likeness (QED) is 0.812. The van der Waals surface area contributed by atoms with E-state index >= 15 is 0 Å². The monoisotopic (exact) mass is 312 g/mol. The molecule has 1 rings (SSSR count). The third-order valence-electron chi connectivity index (χ3n) is 3.54. The van der Waals surface area contributed by atoms with Gasteiger partial charge in [0.2, 0.25) is 0 Å². The van der Waals surface area contributed by atoms with E-state index in [-0.39, 0.29) is 11.4 Å². The van der Waals surface area contributed by atoms with E-state index in [1.54, 1.807) is 12.3 Å². The van der Waals surface area contributed by atoms with Crippen LogP contribution >= 0.6 is 11.6 Å². The van der Waals surface area contributed by atoms with E-state index in [1.807, 2.05) is 14.1 Å². The molecular formula is C15H25ClN4O. The number of carbonyl (C=O) groups is 1. The van der Waals surface area contributed by atoms with Gasteiger partial charge in [0.1, 0.15) is 5.82 Å². The van der Waals surface area contributed by atoms with E-state index in [1.165, 1.54) is 0 Å². The fourth-order valence-corrected chi connectivity index (χ4v) is 1.73. The average molecular weight is 313 g/mol. The molecule has 0 fully saturated rings. The fourth-order valence-electron chi connectivity index (χ4n) is 1.49.